The number of rotatable bonds is 5. The zero-order valence-corrected chi connectivity index (χ0v) is 12.7. The number of benzene rings is 1. The van der Waals surface area contributed by atoms with Crippen molar-refractivity contribution in [3.8, 4) is 0 Å². The third-order valence-corrected chi connectivity index (χ3v) is 5.08. The Bertz CT molecular complexity index is 612. The summed E-state index contributed by atoms with van der Waals surface area (Å²) in [7, 11) is 0. The molecule has 1 N–H and O–H groups in total. The molecular weight excluding hydrogens is 278 g/mol. The van der Waals surface area contributed by atoms with E-state index < -0.39 is 0 Å². The molecule has 0 aliphatic heterocycles. The molecule has 2 nitrogen and oxygen atoms in total. The fourth-order valence-electron chi connectivity index (χ4n) is 2.82. The first-order valence-corrected chi connectivity index (χ1v) is 8.21. The molecule has 1 aromatic heterocycles. The minimum atomic E-state index is -0.00870. The smallest absolute Gasteiger partial charge is 0.244 e. The molecule has 0 atom stereocenters. The number of nitrogens with one attached hydrogen (secondary N) is 1. The number of hydrogen-bond donors (Lipinski definition) is 1. The molecule has 108 valence electrons. The van der Waals surface area contributed by atoms with Gasteiger partial charge in [0.2, 0.25) is 5.91 Å². The fraction of sp³-hybridized carbons (Fsp3) is 0.278. The van der Waals surface area contributed by atoms with E-state index in [4.69, 9.17) is 0 Å². The molecular formula is C18H19NOS. The third kappa shape index (κ3) is 3.24. The highest BCUT2D eigenvalue weighted by molar-refractivity contribution is 7.10. The summed E-state index contributed by atoms with van der Waals surface area (Å²) < 4.78 is 0. The van der Waals surface area contributed by atoms with E-state index in [1.165, 1.54) is 12.0 Å². The molecule has 2 aromatic rings. The molecule has 1 aliphatic carbocycles. The molecule has 0 bridgehead atoms. The van der Waals surface area contributed by atoms with Crippen molar-refractivity contribution in [2.24, 2.45) is 0 Å². The number of amides is 1. The second-order valence-corrected chi connectivity index (χ2v) is 6.55. The zero-order chi connectivity index (χ0) is 14.5. The van der Waals surface area contributed by atoms with Crippen molar-refractivity contribution in [1.82, 2.24) is 5.32 Å². The van der Waals surface area contributed by atoms with E-state index in [9.17, 15) is 4.79 Å². The highest BCUT2D eigenvalue weighted by Gasteiger charge is 2.38. The van der Waals surface area contributed by atoms with Crippen LogP contribution in [-0.2, 0) is 10.2 Å². The summed E-state index contributed by atoms with van der Waals surface area (Å²) in [6.07, 6.45) is 7.06. The van der Waals surface area contributed by atoms with Crippen molar-refractivity contribution >= 4 is 23.3 Å². The van der Waals surface area contributed by atoms with Crippen LogP contribution in [0.15, 0.2) is 53.9 Å². The van der Waals surface area contributed by atoms with E-state index in [1.807, 2.05) is 29.7 Å². The number of hydrogen-bond acceptors (Lipinski definition) is 2. The van der Waals surface area contributed by atoms with E-state index in [1.54, 1.807) is 17.4 Å². The average Bonchev–Trinajstić information content (AvgIpc) is 2.98. The van der Waals surface area contributed by atoms with E-state index in [2.05, 4.69) is 29.6 Å². The SMILES string of the molecule is O=C(/C=C/c1cccs1)NCC1(c2ccccc2)CCC1. The molecule has 0 unspecified atom stereocenters. The van der Waals surface area contributed by atoms with E-state index in [-0.39, 0.29) is 11.3 Å². The van der Waals surface area contributed by atoms with Crippen molar-refractivity contribution < 1.29 is 4.79 Å². The maximum Gasteiger partial charge on any atom is 0.244 e. The van der Waals surface area contributed by atoms with Gasteiger partial charge in [-0.2, -0.15) is 0 Å². The quantitative estimate of drug-likeness (QED) is 0.830. The first-order chi connectivity index (χ1) is 10.3. The maximum absolute atomic E-state index is 12.0. The van der Waals surface area contributed by atoms with Gasteiger partial charge in [-0.25, -0.2) is 0 Å². The molecule has 0 saturated heterocycles. The third-order valence-electron chi connectivity index (χ3n) is 4.24. The minimum absolute atomic E-state index is 0.00870. The van der Waals surface area contributed by atoms with Gasteiger partial charge in [-0.1, -0.05) is 42.8 Å². The van der Waals surface area contributed by atoms with Crippen LogP contribution in [0.3, 0.4) is 0 Å². The lowest BCUT2D eigenvalue weighted by molar-refractivity contribution is -0.116. The molecule has 0 spiro atoms. The standard InChI is InChI=1S/C18H19NOS/c20-17(10-9-16-8-4-13-21-16)19-14-18(11-5-12-18)15-6-2-1-3-7-15/h1-4,6-10,13H,5,11-12,14H2,(H,19,20)/b10-9+. The van der Waals surface area contributed by atoms with E-state index >= 15 is 0 Å². The number of carbonyl (C=O) groups excluding carboxylic acids is 1. The zero-order valence-electron chi connectivity index (χ0n) is 11.9. The molecule has 21 heavy (non-hydrogen) atoms. The topological polar surface area (TPSA) is 29.1 Å². The average molecular weight is 297 g/mol. The highest BCUT2D eigenvalue weighted by Crippen LogP contribution is 2.43. The lowest BCUT2D eigenvalue weighted by Crippen LogP contribution is -2.45. The Morgan fingerprint density at radius 2 is 2.00 bits per heavy atom. The first kappa shape index (κ1) is 14.1. The fourth-order valence-corrected chi connectivity index (χ4v) is 3.44. The highest BCUT2D eigenvalue weighted by atomic mass is 32.1. The Hall–Kier alpha value is -1.87. The van der Waals surface area contributed by atoms with Crippen LogP contribution < -0.4 is 5.32 Å². The number of thiophene rings is 1. The van der Waals surface area contributed by atoms with Gasteiger partial charge in [0.05, 0.1) is 0 Å². The number of carbonyl (C=O) groups is 1. The normalized spacial score (nSPS) is 16.6. The van der Waals surface area contributed by atoms with Gasteiger partial charge in [0.1, 0.15) is 0 Å². The van der Waals surface area contributed by atoms with E-state index in [0.717, 1.165) is 24.3 Å². The molecule has 1 aliphatic rings. The van der Waals surface area contributed by atoms with E-state index in [0.29, 0.717) is 0 Å². The Kier molecular flexibility index (Phi) is 4.20. The minimum Gasteiger partial charge on any atom is -0.352 e. The molecule has 1 heterocycles. The predicted octanol–water partition coefficient (Wildman–Crippen LogP) is 4.00. The molecule has 3 heteroatoms. The first-order valence-electron chi connectivity index (χ1n) is 7.33. The van der Waals surface area contributed by atoms with Crippen LogP contribution >= 0.6 is 11.3 Å². The van der Waals surface area contributed by atoms with Gasteiger partial charge in [0.15, 0.2) is 0 Å². The molecule has 1 aromatic carbocycles. The van der Waals surface area contributed by atoms with Crippen molar-refractivity contribution in [2.45, 2.75) is 24.7 Å². The Labute approximate surface area is 129 Å². The second-order valence-electron chi connectivity index (χ2n) is 5.57. The lowest BCUT2D eigenvalue weighted by atomic mass is 9.64. The predicted molar refractivity (Wildman–Crippen MR) is 88.3 cm³/mol. The molecule has 1 fully saturated rings. The van der Waals surface area contributed by atoms with Gasteiger partial charge in [-0.3, -0.25) is 4.79 Å². The van der Waals surface area contributed by atoms with Gasteiger partial charge >= 0.3 is 0 Å². The Balaban J connectivity index is 1.60. The van der Waals surface area contributed by atoms with Crippen LogP contribution in [0.5, 0.6) is 0 Å². The summed E-state index contributed by atoms with van der Waals surface area (Å²) in [5.41, 5.74) is 1.49. The summed E-state index contributed by atoms with van der Waals surface area (Å²) in [4.78, 5) is 13.1. The van der Waals surface area contributed by atoms with Crippen molar-refractivity contribution in [3.63, 3.8) is 0 Å². The van der Waals surface area contributed by atoms with Crippen LogP contribution in [0.2, 0.25) is 0 Å². The summed E-state index contributed by atoms with van der Waals surface area (Å²) in [5, 5.41) is 5.08. The van der Waals surface area contributed by atoms with Gasteiger partial charge < -0.3 is 5.32 Å². The largest absolute Gasteiger partial charge is 0.352 e. The van der Waals surface area contributed by atoms with Crippen LogP contribution in [0.25, 0.3) is 6.08 Å². The summed E-state index contributed by atoms with van der Waals surface area (Å²) in [6, 6.07) is 14.5. The molecule has 1 saturated carbocycles. The van der Waals surface area contributed by atoms with Gasteiger partial charge in [-0.05, 0) is 35.9 Å². The molecule has 0 radical (unpaired) electrons. The monoisotopic (exact) mass is 297 g/mol. The Morgan fingerprint density at radius 3 is 2.62 bits per heavy atom. The van der Waals surface area contributed by atoms with Gasteiger partial charge in [0.25, 0.3) is 0 Å². The van der Waals surface area contributed by atoms with Gasteiger partial charge in [0, 0.05) is 22.9 Å². The maximum atomic E-state index is 12.0. The molecule has 1 amide bonds. The van der Waals surface area contributed by atoms with Crippen molar-refractivity contribution in [3.05, 3.63) is 64.4 Å². The van der Waals surface area contributed by atoms with Crippen LogP contribution in [-0.4, -0.2) is 12.5 Å². The summed E-state index contributed by atoms with van der Waals surface area (Å²) in [5.74, 6) is -0.00870. The summed E-state index contributed by atoms with van der Waals surface area (Å²) in [6.45, 7) is 0.727. The van der Waals surface area contributed by atoms with Crippen molar-refractivity contribution in [1.29, 1.82) is 0 Å². The van der Waals surface area contributed by atoms with Crippen LogP contribution in [0, 0.1) is 0 Å². The summed E-state index contributed by atoms with van der Waals surface area (Å²) >= 11 is 1.63. The Morgan fingerprint density at radius 1 is 1.19 bits per heavy atom. The van der Waals surface area contributed by atoms with Crippen LogP contribution in [0.1, 0.15) is 29.7 Å². The van der Waals surface area contributed by atoms with Gasteiger partial charge in [-0.15, -0.1) is 11.3 Å². The molecule has 3 rings (SSSR count). The van der Waals surface area contributed by atoms with Crippen LogP contribution in [0.4, 0.5) is 0 Å². The lowest BCUT2D eigenvalue weighted by Gasteiger charge is -2.42. The van der Waals surface area contributed by atoms with Crippen molar-refractivity contribution in [2.75, 3.05) is 6.54 Å². The second kappa shape index (κ2) is 6.27.